The number of aromatic carboxylic acids is 1. The molecule has 2 unspecified atom stereocenters. The molecule has 5 nitrogen and oxygen atoms in total. The molecule has 0 saturated heterocycles. The lowest BCUT2D eigenvalue weighted by Crippen LogP contribution is -2.45. The van der Waals surface area contributed by atoms with Gasteiger partial charge in [0.2, 0.25) is 0 Å². The number of nitrogens with one attached hydrogen (secondary N) is 1. The zero-order valence-corrected chi connectivity index (χ0v) is 12.7. The molecular formula is C16H22N2O3. The lowest BCUT2D eigenvalue weighted by atomic mass is 10.0. The summed E-state index contributed by atoms with van der Waals surface area (Å²) in [6.45, 7) is 6.82. The Morgan fingerprint density at radius 3 is 2.71 bits per heavy atom. The molecule has 21 heavy (non-hydrogen) atoms. The number of carboxylic acid groups (broad SMARTS) is 1. The summed E-state index contributed by atoms with van der Waals surface area (Å²) in [5.41, 5.74) is 2.00. The van der Waals surface area contributed by atoms with Crippen LogP contribution >= 0.6 is 0 Å². The van der Waals surface area contributed by atoms with E-state index in [9.17, 15) is 9.59 Å². The van der Waals surface area contributed by atoms with Crippen LogP contribution in [0.1, 0.15) is 43.1 Å². The molecule has 0 fully saturated rings. The highest BCUT2D eigenvalue weighted by Gasteiger charge is 2.26. The van der Waals surface area contributed by atoms with E-state index in [-0.39, 0.29) is 17.6 Å². The molecule has 0 aromatic heterocycles. The molecule has 0 saturated carbocycles. The van der Waals surface area contributed by atoms with E-state index in [1.807, 2.05) is 6.92 Å². The standard InChI is InChI=1S/C16H22N2O3/c1-4-10(2)11(3)17-16(21)18-8-7-12-9-13(15(19)20)5-6-14(12)18/h5-6,9-11H,4,7-8H2,1-3H3,(H,17,21)(H,19,20). The zero-order valence-electron chi connectivity index (χ0n) is 12.7. The molecule has 0 bridgehead atoms. The average Bonchev–Trinajstić information content (AvgIpc) is 2.89. The van der Waals surface area contributed by atoms with Crippen molar-refractivity contribution in [2.75, 3.05) is 11.4 Å². The van der Waals surface area contributed by atoms with Gasteiger partial charge >= 0.3 is 12.0 Å². The Morgan fingerprint density at radius 2 is 2.10 bits per heavy atom. The quantitative estimate of drug-likeness (QED) is 0.895. The molecule has 0 radical (unpaired) electrons. The van der Waals surface area contributed by atoms with Gasteiger partial charge in [-0.1, -0.05) is 20.3 Å². The third-order valence-corrected chi connectivity index (χ3v) is 4.32. The monoisotopic (exact) mass is 290 g/mol. The Balaban J connectivity index is 2.12. The van der Waals surface area contributed by atoms with Crippen LogP contribution in [-0.2, 0) is 6.42 Å². The maximum atomic E-state index is 12.4. The molecule has 2 amide bonds. The van der Waals surface area contributed by atoms with E-state index in [2.05, 4.69) is 19.2 Å². The number of amides is 2. The minimum absolute atomic E-state index is 0.107. The first-order valence-electron chi connectivity index (χ1n) is 7.38. The molecule has 2 rings (SSSR count). The van der Waals surface area contributed by atoms with Crippen LogP contribution in [0.15, 0.2) is 18.2 Å². The van der Waals surface area contributed by atoms with Gasteiger partial charge in [-0.25, -0.2) is 9.59 Å². The van der Waals surface area contributed by atoms with Gasteiger partial charge < -0.3 is 10.4 Å². The van der Waals surface area contributed by atoms with E-state index < -0.39 is 5.97 Å². The number of carbonyl (C=O) groups excluding carboxylic acids is 1. The fourth-order valence-corrected chi connectivity index (χ4v) is 2.51. The van der Waals surface area contributed by atoms with Crippen molar-refractivity contribution >= 4 is 17.7 Å². The first-order chi connectivity index (χ1) is 9.93. The predicted molar refractivity (Wildman–Crippen MR) is 81.9 cm³/mol. The fourth-order valence-electron chi connectivity index (χ4n) is 2.51. The van der Waals surface area contributed by atoms with Crippen LogP contribution in [0.4, 0.5) is 10.5 Å². The number of fused-ring (bicyclic) bond motifs is 1. The molecular weight excluding hydrogens is 268 g/mol. The first-order valence-corrected chi connectivity index (χ1v) is 7.38. The lowest BCUT2D eigenvalue weighted by Gasteiger charge is -2.24. The Labute approximate surface area is 125 Å². The minimum Gasteiger partial charge on any atom is -0.478 e. The summed E-state index contributed by atoms with van der Waals surface area (Å²) < 4.78 is 0. The van der Waals surface area contributed by atoms with Gasteiger partial charge in [-0.3, -0.25) is 4.90 Å². The van der Waals surface area contributed by atoms with Crippen molar-refractivity contribution in [3.8, 4) is 0 Å². The van der Waals surface area contributed by atoms with Crippen molar-refractivity contribution in [1.82, 2.24) is 5.32 Å². The average molecular weight is 290 g/mol. The molecule has 1 aromatic rings. The van der Waals surface area contributed by atoms with Crippen LogP contribution in [0.25, 0.3) is 0 Å². The molecule has 0 spiro atoms. The van der Waals surface area contributed by atoms with Crippen molar-refractivity contribution in [2.45, 2.75) is 39.7 Å². The Morgan fingerprint density at radius 1 is 1.38 bits per heavy atom. The summed E-state index contributed by atoms with van der Waals surface area (Å²) in [6.07, 6.45) is 1.71. The molecule has 2 atom stereocenters. The fraction of sp³-hybridized carbons (Fsp3) is 0.500. The van der Waals surface area contributed by atoms with Crippen LogP contribution in [0.3, 0.4) is 0 Å². The Kier molecular flexibility index (Phi) is 4.50. The van der Waals surface area contributed by atoms with Gasteiger partial charge in [0.1, 0.15) is 0 Å². The van der Waals surface area contributed by atoms with E-state index in [4.69, 9.17) is 5.11 Å². The summed E-state index contributed by atoms with van der Waals surface area (Å²) in [7, 11) is 0. The van der Waals surface area contributed by atoms with Gasteiger partial charge in [-0.2, -0.15) is 0 Å². The van der Waals surface area contributed by atoms with E-state index in [0.29, 0.717) is 18.9 Å². The van der Waals surface area contributed by atoms with Crippen molar-refractivity contribution in [1.29, 1.82) is 0 Å². The molecule has 5 heteroatoms. The zero-order chi connectivity index (χ0) is 15.6. The molecule has 1 aliphatic rings. The maximum Gasteiger partial charge on any atom is 0.335 e. The second kappa shape index (κ2) is 6.16. The minimum atomic E-state index is -0.939. The number of anilines is 1. The molecule has 1 heterocycles. The third-order valence-electron chi connectivity index (χ3n) is 4.32. The highest BCUT2D eigenvalue weighted by molar-refractivity contribution is 5.96. The molecule has 114 valence electrons. The molecule has 0 aliphatic carbocycles. The van der Waals surface area contributed by atoms with Gasteiger partial charge in [0, 0.05) is 18.3 Å². The number of carboxylic acids is 1. The third kappa shape index (κ3) is 3.17. The summed E-state index contributed by atoms with van der Waals surface area (Å²) in [6, 6.07) is 4.93. The molecule has 1 aliphatic heterocycles. The van der Waals surface area contributed by atoms with Crippen molar-refractivity contribution < 1.29 is 14.7 Å². The molecule has 2 N–H and O–H groups in total. The van der Waals surface area contributed by atoms with E-state index in [0.717, 1.165) is 17.7 Å². The number of carbonyl (C=O) groups is 2. The van der Waals surface area contributed by atoms with E-state index in [1.165, 1.54) is 0 Å². The number of urea groups is 1. The topological polar surface area (TPSA) is 69.6 Å². The van der Waals surface area contributed by atoms with Crippen LogP contribution < -0.4 is 10.2 Å². The summed E-state index contributed by atoms with van der Waals surface area (Å²) in [5, 5.41) is 12.0. The van der Waals surface area contributed by atoms with Gasteiger partial charge in [-0.15, -0.1) is 0 Å². The van der Waals surface area contributed by atoms with Crippen LogP contribution in [0.2, 0.25) is 0 Å². The largest absolute Gasteiger partial charge is 0.478 e. The maximum absolute atomic E-state index is 12.4. The number of hydrogen-bond acceptors (Lipinski definition) is 2. The van der Waals surface area contributed by atoms with Gasteiger partial charge in [0.15, 0.2) is 0 Å². The SMILES string of the molecule is CCC(C)C(C)NC(=O)N1CCc2cc(C(=O)O)ccc21. The normalized spacial score (nSPS) is 16.2. The number of benzene rings is 1. The van der Waals surface area contributed by atoms with E-state index in [1.54, 1.807) is 23.1 Å². The summed E-state index contributed by atoms with van der Waals surface area (Å²) in [5.74, 6) is -0.517. The van der Waals surface area contributed by atoms with Crippen LogP contribution in [0, 0.1) is 5.92 Å². The number of hydrogen-bond donors (Lipinski definition) is 2. The number of nitrogens with zero attached hydrogens (tertiary/aromatic N) is 1. The van der Waals surface area contributed by atoms with Crippen molar-refractivity contribution in [2.24, 2.45) is 5.92 Å². The second-order valence-corrected chi connectivity index (χ2v) is 5.67. The smallest absolute Gasteiger partial charge is 0.335 e. The van der Waals surface area contributed by atoms with Gasteiger partial charge in [0.25, 0.3) is 0 Å². The van der Waals surface area contributed by atoms with Gasteiger partial charge in [0.05, 0.1) is 5.56 Å². The Hall–Kier alpha value is -2.04. The lowest BCUT2D eigenvalue weighted by molar-refractivity contribution is 0.0697. The van der Waals surface area contributed by atoms with Crippen LogP contribution in [-0.4, -0.2) is 29.7 Å². The Bertz CT molecular complexity index is 556. The van der Waals surface area contributed by atoms with E-state index >= 15 is 0 Å². The molecule has 1 aromatic carbocycles. The number of rotatable bonds is 4. The first kappa shape index (κ1) is 15.4. The van der Waals surface area contributed by atoms with Crippen molar-refractivity contribution in [3.05, 3.63) is 29.3 Å². The second-order valence-electron chi connectivity index (χ2n) is 5.67. The highest BCUT2D eigenvalue weighted by Crippen LogP contribution is 2.29. The predicted octanol–water partition coefficient (Wildman–Crippen LogP) is 2.89. The summed E-state index contributed by atoms with van der Waals surface area (Å²) >= 11 is 0. The highest BCUT2D eigenvalue weighted by atomic mass is 16.4. The van der Waals surface area contributed by atoms with Crippen molar-refractivity contribution in [3.63, 3.8) is 0 Å². The van der Waals surface area contributed by atoms with Crippen LogP contribution in [0.5, 0.6) is 0 Å². The van der Waals surface area contributed by atoms with Gasteiger partial charge in [-0.05, 0) is 43.0 Å². The summed E-state index contributed by atoms with van der Waals surface area (Å²) in [4.78, 5) is 25.0.